The molecule has 0 saturated carbocycles. The first-order valence-electron chi connectivity index (χ1n) is 15.0. The second kappa shape index (κ2) is 14.9. The van der Waals surface area contributed by atoms with Gasteiger partial charge in [0.15, 0.2) is 11.6 Å². The van der Waals surface area contributed by atoms with Gasteiger partial charge in [-0.2, -0.15) is 4.31 Å². The number of ketones is 2. The van der Waals surface area contributed by atoms with Crippen LogP contribution in [0.5, 0.6) is 0 Å². The molecule has 0 unspecified atom stereocenters. The molecule has 2 aliphatic rings. The maximum absolute atomic E-state index is 12.9. The van der Waals surface area contributed by atoms with Crippen LogP contribution < -0.4 is 5.32 Å². The molecule has 2 saturated heterocycles. The number of nitrogens with one attached hydrogen (secondary N) is 1. The molecule has 0 radical (unpaired) electrons. The molecule has 2 aliphatic heterocycles. The lowest BCUT2D eigenvalue weighted by atomic mass is 9.93. The third kappa shape index (κ3) is 9.48. The summed E-state index contributed by atoms with van der Waals surface area (Å²) in [6.07, 6.45) is 3.62. The molecule has 0 amide bonds. The number of sulfonamides is 1. The largest absolute Gasteiger partial charge is 0.361 e. The molecule has 1 aromatic carbocycles. The molecule has 0 bridgehead atoms. The quantitative estimate of drug-likeness (QED) is 0.310. The van der Waals surface area contributed by atoms with E-state index < -0.39 is 16.1 Å². The molecule has 13 heteroatoms. The van der Waals surface area contributed by atoms with Gasteiger partial charge in [0, 0.05) is 34.5 Å². The van der Waals surface area contributed by atoms with E-state index in [0.29, 0.717) is 42.3 Å². The van der Waals surface area contributed by atoms with Crippen LogP contribution in [0.25, 0.3) is 0 Å². The van der Waals surface area contributed by atoms with Crippen molar-refractivity contribution in [3.63, 3.8) is 0 Å². The molecular weight excluding hydrogens is 639 g/mol. The van der Waals surface area contributed by atoms with Gasteiger partial charge < -0.3 is 14.4 Å². The van der Waals surface area contributed by atoms with E-state index in [2.05, 4.69) is 36.4 Å². The highest BCUT2D eigenvalue weighted by atomic mass is 35.5. The van der Waals surface area contributed by atoms with Crippen LogP contribution in [0.1, 0.15) is 90.1 Å². The lowest BCUT2D eigenvalue weighted by Crippen LogP contribution is -2.41. The summed E-state index contributed by atoms with van der Waals surface area (Å²) >= 11 is 5.85. The molecule has 2 fully saturated rings. The zero-order valence-corrected chi connectivity index (χ0v) is 29.2. The SMILES string of the molecule is CC(C)(C)c1cc(CC(=O)[C@@H]2CCCN2)no1.CC(C)(C)c1cc(CC(=O)[C@@H]2CCCN2S(=O)(=O)c2ccc(Cl)cc2)no1.Cl. The number of benzene rings is 1. The summed E-state index contributed by atoms with van der Waals surface area (Å²) in [5, 5.41) is 11.6. The van der Waals surface area contributed by atoms with E-state index in [1.54, 1.807) is 6.07 Å². The Labute approximate surface area is 277 Å². The minimum atomic E-state index is -3.75. The summed E-state index contributed by atoms with van der Waals surface area (Å²) in [6.45, 7) is 13.5. The number of rotatable bonds is 8. The van der Waals surface area contributed by atoms with Gasteiger partial charge in [0.05, 0.1) is 41.2 Å². The van der Waals surface area contributed by atoms with Crippen molar-refractivity contribution >= 4 is 45.6 Å². The Bertz CT molecular complexity index is 1550. The first-order chi connectivity index (χ1) is 20.6. The summed E-state index contributed by atoms with van der Waals surface area (Å²) in [4.78, 5) is 24.9. The highest BCUT2D eigenvalue weighted by Crippen LogP contribution is 2.29. The van der Waals surface area contributed by atoms with Gasteiger partial charge >= 0.3 is 0 Å². The van der Waals surface area contributed by atoms with Crippen LogP contribution in [0.15, 0.2) is 50.3 Å². The Balaban J connectivity index is 0.000000265. The average Bonchev–Trinajstić information content (AvgIpc) is 3.75. The van der Waals surface area contributed by atoms with Crippen molar-refractivity contribution in [2.24, 2.45) is 0 Å². The predicted octanol–water partition coefficient (Wildman–Crippen LogP) is 5.85. The van der Waals surface area contributed by atoms with E-state index in [4.69, 9.17) is 20.6 Å². The van der Waals surface area contributed by atoms with Gasteiger partial charge in [-0.3, -0.25) is 9.59 Å². The second-order valence-corrected chi connectivity index (χ2v) is 15.9. The first-order valence-corrected chi connectivity index (χ1v) is 16.9. The number of carbonyl (C=O) groups excluding carboxylic acids is 2. The maximum Gasteiger partial charge on any atom is 0.243 e. The molecular formula is C32H44Cl2N4O6S. The topological polar surface area (TPSA) is 136 Å². The van der Waals surface area contributed by atoms with Gasteiger partial charge in [0.1, 0.15) is 11.5 Å². The first kappa shape index (κ1) is 36.9. The minimum absolute atomic E-state index is 0. The van der Waals surface area contributed by atoms with Crippen LogP contribution in [-0.4, -0.2) is 59.8 Å². The Hall–Kier alpha value is -2.57. The third-order valence-corrected chi connectivity index (χ3v) is 9.93. The Morgan fingerprint density at radius 1 is 0.889 bits per heavy atom. The highest BCUT2D eigenvalue weighted by Gasteiger charge is 2.39. The number of Topliss-reactive ketones (excluding diaryl/α,β-unsaturated/α-hetero) is 2. The molecule has 5 rings (SSSR count). The number of halogens is 2. The number of nitrogens with zero attached hydrogens (tertiary/aromatic N) is 3. The summed E-state index contributed by atoms with van der Waals surface area (Å²) < 4.78 is 37.8. The lowest BCUT2D eigenvalue weighted by molar-refractivity contribution is -0.121. The van der Waals surface area contributed by atoms with Crippen molar-refractivity contribution in [2.75, 3.05) is 13.1 Å². The number of aromatic nitrogens is 2. The molecule has 0 aliphatic carbocycles. The van der Waals surface area contributed by atoms with Crippen LogP contribution in [0.2, 0.25) is 5.02 Å². The van der Waals surface area contributed by atoms with Gasteiger partial charge in [0.25, 0.3) is 0 Å². The van der Waals surface area contributed by atoms with Crippen molar-refractivity contribution in [3.05, 3.63) is 64.3 Å². The fourth-order valence-corrected chi connectivity index (χ4v) is 6.95. The standard InChI is InChI=1S/C19H23ClN2O4S.C13H20N2O2.ClH/c1-19(2,3)18-12-14(21-26-18)11-17(23)16-5-4-10-22(16)27(24,25)15-8-6-13(20)7-9-15;1-13(2,3)12-8-9(15-17-12)7-11(16)10-5-4-6-14-10;/h6-9,12,16H,4-5,10-11H2,1-3H3;8,10,14H,4-7H2,1-3H3;1H/t16-;10-;/m00./s1. The molecule has 4 heterocycles. The number of carbonyl (C=O) groups is 2. The van der Waals surface area contributed by atoms with Gasteiger partial charge in [-0.15, -0.1) is 12.4 Å². The summed E-state index contributed by atoms with van der Waals surface area (Å²) in [6, 6.07) is 8.99. The monoisotopic (exact) mass is 682 g/mol. The smallest absolute Gasteiger partial charge is 0.243 e. The lowest BCUT2D eigenvalue weighted by Gasteiger charge is -2.23. The van der Waals surface area contributed by atoms with Crippen molar-refractivity contribution < 1.29 is 27.1 Å². The predicted molar refractivity (Wildman–Crippen MR) is 174 cm³/mol. The van der Waals surface area contributed by atoms with E-state index in [9.17, 15) is 18.0 Å². The van der Waals surface area contributed by atoms with Crippen molar-refractivity contribution in [1.82, 2.24) is 19.9 Å². The van der Waals surface area contributed by atoms with E-state index in [1.165, 1.54) is 28.6 Å². The van der Waals surface area contributed by atoms with Crippen LogP contribution in [-0.2, 0) is 43.3 Å². The minimum Gasteiger partial charge on any atom is -0.361 e. The fourth-order valence-electron chi connectivity index (χ4n) is 5.15. The zero-order chi connectivity index (χ0) is 32.3. The molecule has 45 heavy (non-hydrogen) atoms. The zero-order valence-electron chi connectivity index (χ0n) is 26.8. The summed E-state index contributed by atoms with van der Waals surface area (Å²) in [5.41, 5.74) is 1.01. The van der Waals surface area contributed by atoms with Crippen LogP contribution in [0.3, 0.4) is 0 Å². The molecule has 2 atom stereocenters. The van der Waals surface area contributed by atoms with Crippen LogP contribution in [0, 0.1) is 0 Å². The van der Waals surface area contributed by atoms with Crippen molar-refractivity contribution in [3.8, 4) is 0 Å². The molecule has 2 aromatic heterocycles. The van der Waals surface area contributed by atoms with E-state index in [-0.39, 0.29) is 52.2 Å². The number of hydrogen-bond donors (Lipinski definition) is 1. The third-order valence-electron chi connectivity index (χ3n) is 7.75. The normalized spacial score (nSPS) is 19.1. The van der Waals surface area contributed by atoms with Gasteiger partial charge in [-0.1, -0.05) is 63.5 Å². The van der Waals surface area contributed by atoms with E-state index in [0.717, 1.165) is 30.8 Å². The Morgan fingerprint density at radius 2 is 1.42 bits per heavy atom. The van der Waals surface area contributed by atoms with Crippen molar-refractivity contribution in [2.45, 2.75) is 108 Å². The van der Waals surface area contributed by atoms with E-state index >= 15 is 0 Å². The highest BCUT2D eigenvalue weighted by molar-refractivity contribution is 7.89. The average molecular weight is 684 g/mol. The number of hydrogen-bond acceptors (Lipinski definition) is 9. The molecule has 248 valence electrons. The van der Waals surface area contributed by atoms with Gasteiger partial charge in [0.2, 0.25) is 10.0 Å². The molecule has 0 spiro atoms. The second-order valence-electron chi connectivity index (χ2n) is 13.5. The van der Waals surface area contributed by atoms with Gasteiger partial charge in [-0.25, -0.2) is 8.42 Å². The molecule has 3 aromatic rings. The fraction of sp³-hybridized carbons (Fsp3) is 0.562. The van der Waals surface area contributed by atoms with Crippen LogP contribution >= 0.6 is 24.0 Å². The maximum atomic E-state index is 12.9. The summed E-state index contributed by atoms with van der Waals surface area (Å²) in [5.74, 6) is 1.58. The van der Waals surface area contributed by atoms with Gasteiger partial charge in [-0.05, 0) is 56.5 Å². The molecule has 1 N–H and O–H groups in total. The van der Waals surface area contributed by atoms with Crippen molar-refractivity contribution in [1.29, 1.82) is 0 Å². The van der Waals surface area contributed by atoms with E-state index in [1.807, 2.05) is 26.8 Å². The Morgan fingerprint density at radius 3 is 1.89 bits per heavy atom. The Kier molecular flexibility index (Phi) is 12.2. The van der Waals surface area contributed by atoms with Crippen LogP contribution in [0.4, 0.5) is 0 Å². The molecule has 10 nitrogen and oxygen atoms in total. The summed E-state index contributed by atoms with van der Waals surface area (Å²) in [7, 11) is -3.75.